The summed E-state index contributed by atoms with van der Waals surface area (Å²) in [4.78, 5) is 23.2. The van der Waals surface area contributed by atoms with E-state index in [1.807, 2.05) is 20.8 Å². The van der Waals surface area contributed by atoms with Gasteiger partial charge < -0.3 is 10.3 Å². The van der Waals surface area contributed by atoms with Crippen molar-refractivity contribution in [3.8, 4) is 0 Å². The highest BCUT2D eigenvalue weighted by atomic mass is 16.2. The summed E-state index contributed by atoms with van der Waals surface area (Å²) in [5, 5.41) is 0. The summed E-state index contributed by atoms with van der Waals surface area (Å²) >= 11 is 0. The molecule has 0 bridgehead atoms. The molecule has 0 spiro atoms. The van der Waals surface area contributed by atoms with Crippen molar-refractivity contribution in [3.63, 3.8) is 0 Å². The molecule has 0 aliphatic heterocycles. The van der Waals surface area contributed by atoms with Crippen molar-refractivity contribution >= 4 is 5.91 Å². The molecule has 1 aromatic rings. The minimum atomic E-state index is -0.557. The monoisotopic (exact) mass is 222 g/mol. The number of carbonyl (C=O) groups excluding carboxylic acids is 1. The van der Waals surface area contributed by atoms with Crippen LogP contribution >= 0.6 is 0 Å². The molecule has 1 unspecified atom stereocenters. The lowest BCUT2D eigenvalue weighted by atomic mass is 9.98. The van der Waals surface area contributed by atoms with Crippen LogP contribution in [0.5, 0.6) is 0 Å². The van der Waals surface area contributed by atoms with Gasteiger partial charge in [-0.1, -0.05) is 20.3 Å². The number of rotatable bonds is 4. The van der Waals surface area contributed by atoms with E-state index in [1.54, 1.807) is 12.3 Å². The van der Waals surface area contributed by atoms with E-state index in [1.165, 1.54) is 10.6 Å². The lowest BCUT2D eigenvalue weighted by Crippen LogP contribution is -2.37. The molecule has 0 aliphatic rings. The van der Waals surface area contributed by atoms with Gasteiger partial charge in [0.25, 0.3) is 5.56 Å². The molecule has 1 heterocycles. The topological polar surface area (TPSA) is 65.1 Å². The molecule has 0 saturated heterocycles. The number of aryl methyl sites for hydroxylation is 1. The maximum atomic E-state index is 11.8. The Morgan fingerprint density at radius 3 is 2.62 bits per heavy atom. The summed E-state index contributed by atoms with van der Waals surface area (Å²) in [6, 6.07) is 2.76. The SMILES string of the molecule is CC[C@@H](C)C(C(N)=O)n1ccc(C)cc1=O. The van der Waals surface area contributed by atoms with Gasteiger partial charge >= 0.3 is 0 Å². The molecule has 88 valence electrons. The third kappa shape index (κ3) is 2.51. The largest absolute Gasteiger partial charge is 0.368 e. The van der Waals surface area contributed by atoms with E-state index < -0.39 is 11.9 Å². The Kier molecular flexibility index (Phi) is 3.88. The predicted octanol–water partition coefficient (Wildman–Crippen LogP) is 1.23. The summed E-state index contributed by atoms with van der Waals surface area (Å²) in [5.41, 5.74) is 6.06. The van der Waals surface area contributed by atoms with Gasteiger partial charge in [0.2, 0.25) is 5.91 Å². The molecule has 0 saturated carbocycles. The number of aromatic nitrogens is 1. The molecule has 1 aromatic heterocycles. The van der Waals surface area contributed by atoms with Crippen LogP contribution in [0.1, 0.15) is 31.9 Å². The van der Waals surface area contributed by atoms with Gasteiger partial charge in [-0.15, -0.1) is 0 Å². The Hall–Kier alpha value is -1.58. The quantitative estimate of drug-likeness (QED) is 0.832. The highest BCUT2D eigenvalue weighted by Gasteiger charge is 2.23. The Morgan fingerprint density at radius 2 is 2.19 bits per heavy atom. The molecule has 0 fully saturated rings. The van der Waals surface area contributed by atoms with Gasteiger partial charge in [0, 0.05) is 12.3 Å². The van der Waals surface area contributed by atoms with E-state index in [4.69, 9.17) is 5.73 Å². The van der Waals surface area contributed by atoms with Gasteiger partial charge in [0.15, 0.2) is 0 Å². The number of carbonyl (C=O) groups is 1. The van der Waals surface area contributed by atoms with Gasteiger partial charge in [-0.05, 0) is 24.5 Å². The molecule has 1 amide bonds. The lowest BCUT2D eigenvalue weighted by molar-refractivity contribution is -0.122. The minimum Gasteiger partial charge on any atom is -0.368 e. The third-order valence-corrected chi connectivity index (χ3v) is 2.88. The summed E-state index contributed by atoms with van der Waals surface area (Å²) in [6.45, 7) is 5.73. The van der Waals surface area contributed by atoms with Crippen molar-refractivity contribution in [3.05, 3.63) is 34.2 Å². The highest BCUT2D eigenvalue weighted by Crippen LogP contribution is 2.18. The van der Waals surface area contributed by atoms with Crippen molar-refractivity contribution in [1.82, 2.24) is 4.57 Å². The van der Waals surface area contributed by atoms with E-state index in [-0.39, 0.29) is 11.5 Å². The molecule has 2 atom stereocenters. The first-order valence-corrected chi connectivity index (χ1v) is 5.45. The van der Waals surface area contributed by atoms with Crippen LogP contribution in [0.2, 0.25) is 0 Å². The van der Waals surface area contributed by atoms with E-state index in [9.17, 15) is 9.59 Å². The number of nitrogens with two attached hydrogens (primary N) is 1. The second-order valence-electron chi connectivity index (χ2n) is 4.18. The fourth-order valence-corrected chi connectivity index (χ4v) is 1.73. The van der Waals surface area contributed by atoms with Crippen molar-refractivity contribution in [2.24, 2.45) is 11.7 Å². The molecular formula is C12H18N2O2. The standard InChI is InChI=1S/C12H18N2O2/c1-4-9(3)11(12(13)16)14-6-5-8(2)7-10(14)15/h5-7,9,11H,4H2,1-3H3,(H2,13,16)/t9-,11?/m1/s1. The fourth-order valence-electron chi connectivity index (χ4n) is 1.73. The van der Waals surface area contributed by atoms with E-state index >= 15 is 0 Å². The van der Waals surface area contributed by atoms with Gasteiger partial charge in [0.1, 0.15) is 6.04 Å². The van der Waals surface area contributed by atoms with Crippen molar-refractivity contribution in [2.45, 2.75) is 33.2 Å². The zero-order valence-corrected chi connectivity index (χ0v) is 9.93. The molecule has 4 nitrogen and oxygen atoms in total. The van der Waals surface area contributed by atoms with Crippen LogP contribution in [0.15, 0.2) is 23.1 Å². The molecule has 1 rings (SSSR count). The van der Waals surface area contributed by atoms with Gasteiger partial charge in [-0.3, -0.25) is 9.59 Å². The van der Waals surface area contributed by atoms with Crippen molar-refractivity contribution in [1.29, 1.82) is 0 Å². The van der Waals surface area contributed by atoms with Crippen LogP contribution in [0.4, 0.5) is 0 Å². The summed E-state index contributed by atoms with van der Waals surface area (Å²) in [5.74, 6) is -0.404. The Labute approximate surface area is 95.1 Å². The Bertz CT molecular complexity index is 437. The number of hydrogen-bond acceptors (Lipinski definition) is 2. The minimum absolute atomic E-state index is 0.0536. The lowest BCUT2D eigenvalue weighted by Gasteiger charge is -2.22. The van der Waals surface area contributed by atoms with Crippen LogP contribution in [0, 0.1) is 12.8 Å². The number of amides is 1. The van der Waals surface area contributed by atoms with Crippen molar-refractivity contribution < 1.29 is 4.79 Å². The third-order valence-electron chi connectivity index (χ3n) is 2.88. The zero-order valence-electron chi connectivity index (χ0n) is 9.93. The van der Waals surface area contributed by atoms with Crippen LogP contribution in [-0.2, 0) is 4.79 Å². The molecule has 0 aliphatic carbocycles. The number of hydrogen-bond donors (Lipinski definition) is 1. The Morgan fingerprint density at radius 1 is 1.56 bits per heavy atom. The first-order chi connectivity index (χ1) is 7.47. The molecule has 16 heavy (non-hydrogen) atoms. The van der Waals surface area contributed by atoms with Crippen molar-refractivity contribution in [2.75, 3.05) is 0 Å². The summed E-state index contributed by atoms with van der Waals surface area (Å²) < 4.78 is 1.42. The van der Waals surface area contributed by atoms with Crippen LogP contribution in [0.25, 0.3) is 0 Å². The average Bonchev–Trinajstić information content (AvgIpc) is 2.21. The zero-order chi connectivity index (χ0) is 12.3. The van der Waals surface area contributed by atoms with Crippen LogP contribution < -0.4 is 11.3 Å². The second-order valence-corrected chi connectivity index (χ2v) is 4.18. The van der Waals surface area contributed by atoms with Gasteiger partial charge in [0.05, 0.1) is 0 Å². The number of nitrogens with zero attached hydrogens (tertiary/aromatic N) is 1. The fraction of sp³-hybridized carbons (Fsp3) is 0.500. The molecule has 4 heteroatoms. The smallest absolute Gasteiger partial charge is 0.251 e. The Balaban J connectivity index is 3.21. The molecule has 0 aromatic carbocycles. The number of primary amides is 1. The maximum absolute atomic E-state index is 11.8. The molecular weight excluding hydrogens is 204 g/mol. The first kappa shape index (κ1) is 12.5. The van der Waals surface area contributed by atoms with E-state index in [0.29, 0.717) is 0 Å². The number of pyridine rings is 1. The highest BCUT2D eigenvalue weighted by molar-refractivity contribution is 5.78. The average molecular weight is 222 g/mol. The van der Waals surface area contributed by atoms with E-state index in [2.05, 4.69) is 0 Å². The molecule has 2 N–H and O–H groups in total. The van der Waals surface area contributed by atoms with Crippen LogP contribution in [0.3, 0.4) is 0 Å². The second kappa shape index (κ2) is 4.96. The van der Waals surface area contributed by atoms with Gasteiger partial charge in [-0.25, -0.2) is 0 Å². The van der Waals surface area contributed by atoms with E-state index in [0.717, 1.165) is 12.0 Å². The maximum Gasteiger partial charge on any atom is 0.251 e. The van der Waals surface area contributed by atoms with Crippen LogP contribution in [-0.4, -0.2) is 10.5 Å². The van der Waals surface area contributed by atoms with Gasteiger partial charge in [-0.2, -0.15) is 0 Å². The first-order valence-electron chi connectivity index (χ1n) is 5.45. The summed E-state index contributed by atoms with van der Waals surface area (Å²) in [7, 11) is 0. The predicted molar refractivity (Wildman–Crippen MR) is 63.1 cm³/mol. The molecule has 0 radical (unpaired) electrons. The normalized spacial score (nSPS) is 14.4. The summed E-state index contributed by atoms with van der Waals surface area (Å²) in [6.07, 6.45) is 2.44.